The highest BCUT2D eigenvalue weighted by molar-refractivity contribution is 7.47. The minimum Gasteiger partial charge on any atom is -0.462 e. The molecule has 0 amide bonds. The van der Waals surface area contributed by atoms with Crippen molar-refractivity contribution in [1.82, 2.24) is 0 Å². The van der Waals surface area contributed by atoms with Crippen LogP contribution in [-0.4, -0.2) is 96.7 Å². The fourth-order valence-electron chi connectivity index (χ4n) is 12.2. The van der Waals surface area contributed by atoms with Gasteiger partial charge in [-0.2, -0.15) is 0 Å². The van der Waals surface area contributed by atoms with E-state index in [9.17, 15) is 43.2 Å². The van der Waals surface area contributed by atoms with E-state index in [0.29, 0.717) is 31.6 Å². The summed E-state index contributed by atoms with van der Waals surface area (Å²) in [7, 11) is -9.91. The molecule has 0 aliphatic heterocycles. The van der Waals surface area contributed by atoms with Gasteiger partial charge in [0.25, 0.3) is 0 Å². The molecule has 0 aromatic rings. The molecule has 0 aromatic carbocycles. The quantitative estimate of drug-likeness (QED) is 0.0222. The normalized spacial score (nSPS) is 13.9. The molecule has 0 aliphatic carbocycles. The number of rotatable bonds is 78. The van der Waals surface area contributed by atoms with E-state index in [1.54, 1.807) is 0 Å². The van der Waals surface area contributed by atoms with E-state index in [4.69, 9.17) is 37.0 Å². The van der Waals surface area contributed by atoms with Gasteiger partial charge in [0.2, 0.25) is 0 Å². The Hall–Kier alpha value is -1.94. The molecule has 0 fully saturated rings. The van der Waals surface area contributed by atoms with Crippen LogP contribution in [0.1, 0.15) is 414 Å². The van der Waals surface area contributed by atoms with Crippen molar-refractivity contribution >= 4 is 39.5 Å². The summed E-state index contributed by atoms with van der Waals surface area (Å²) in [5, 5.41) is 10.6. The third kappa shape index (κ3) is 72.4. The zero-order chi connectivity index (χ0) is 72.1. The van der Waals surface area contributed by atoms with Gasteiger partial charge in [-0.25, -0.2) is 9.13 Å². The Balaban J connectivity index is 5.19. The topological polar surface area (TPSA) is 237 Å². The van der Waals surface area contributed by atoms with Crippen LogP contribution in [0.4, 0.5) is 0 Å². The third-order valence-electron chi connectivity index (χ3n) is 18.5. The molecular weight excluding hydrogens is 1280 g/mol. The number of aliphatic hydroxyl groups is 1. The lowest BCUT2D eigenvalue weighted by Gasteiger charge is -2.21. The molecule has 0 aromatic heterocycles. The molecule has 582 valence electrons. The van der Waals surface area contributed by atoms with Crippen LogP contribution >= 0.6 is 15.6 Å². The minimum atomic E-state index is -4.96. The van der Waals surface area contributed by atoms with E-state index < -0.39 is 97.5 Å². The number of aliphatic hydroxyl groups excluding tert-OH is 1. The highest BCUT2D eigenvalue weighted by atomic mass is 31.2. The molecule has 0 heterocycles. The fourth-order valence-corrected chi connectivity index (χ4v) is 13.8. The van der Waals surface area contributed by atoms with E-state index in [1.165, 1.54) is 225 Å². The number of carbonyl (C=O) groups excluding carboxylic acids is 4. The van der Waals surface area contributed by atoms with Crippen LogP contribution in [0.25, 0.3) is 0 Å². The molecule has 5 atom stereocenters. The van der Waals surface area contributed by atoms with E-state index >= 15 is 0 Å². The highest BCUT2D eigenvalue weighted by Crippen LogP contribution is 2.45. The van der Waals surface area contributed by atoms with Gasteiger partial charge >= 0.3 is 39.5 Å². The number of carbonyl (C=O) groups is 4. The maximum atomic E-state index is 13.1. The third-order valence-corrected chi connectivity index (χ3v) is 20.4. The number of hydrogen-bond donors (Lipinski definition) is 3. The van der Waals surface area contributed by atoms with Crippen LogP contribution in [0, 0.1) is 11.8 Å². The largest absolute Gasteiger partial charge is 0.472 e. The molecule has 0 saturated carbocycles. The fraction of sp³-hybridized carbons (Fsp3) is 0.949. The van der Waals surface area contributed by atoms with E-state index in [0.717, 1.165) is 102 Å². The van der Waals surface area contributed by atoms with Crippen molar-refractivity contribution < 1.29 is 80.2 Å². The Morgan fingerprint density at radius 1 is 0.276 bits per heavy atom. The number of unbranched alkanes of at least 4 members (excludes halogenated alkanes) is 48. The molecule has 98 heavy (non-hydrogen) atoms. The van der Waals surface area contributed by atoms with E-state index in [-0.39, 0.29) is 25.7 Å². The Morgan fingerprint density at radius 2 is 0.469 bits per heavy atom. The molecule has 2 unspecified atom stereocenters. The van der Waals surface area contributed by atoms with Crippen LogP contribution in [0.2, 0.25) is 0 Å². The van der Waals surface area contributed by atoms with Gasteiger partial charge in [-0.15, -0.1) is 0 Å². The zero-order valence-electron chi connectivity index (χ0n) is 64.1. The number of phosphoric acid groups is 2. The van der Waals surface area contributed by atoms with Crippen molar-refractivity contribution in [3.63, 3.8) is 0 Å². The Kier molecular flexibility index (Phi) is 69.3. The molecule has 3 N–H and O–H groups in total. The summed E-state index contributed by atoms with van der Waals surface area (Å²) >= 11 is 0. The van der Waals surface area contributed by atoms with Crippen LogP contribution in [-0.2, 0) is 65.4 Å². The minimum absolute atomic E-state index is 0.105. The monoisotopic (exact) mass is 1440 g/mol. The lowest BCUT2D eigenvalue weighted by atomic mass is 10.0. The van der Waals surface area contributed by atoms with Gasteiger partial charge in [-0.1, -0.05) is 363 Å². The van der Waals surface area contributed by atoms with Crippen molar-refractivity contribution in [2.24, 2.45) is 11.8 Å². The van der Waals surface area contributed by atoms with Gasteiger partial charge in [0.15, 0.2) is 12.2 Å². The first-order valence-corrected chi connectivity index (χ1v) is 44.0. The molecule has 0 radical (unpaired) electrons. The summed E-state index contributed by atoms with van der Waals surface area (Å²) in [4.78, 5) is 72.9. The van der Waals surface area contributed by atoms with Crippen molar-refractivity contribution in [2.75, 3.05) is 39.6 Å². The summed E-state index contributed by atoms with van der Waals surface area (Å²) in [6.45, 7) is 9.53. The first-order chi connectivity index (χ1) is 47.4. The van der Waals surface area contributed by atoms with Crippen molar-refractivity contribution in [2.45, 2.75) is 432 Å². The van der Waals surface area contributed by atoms with Gasteiger partial charge in [0, 0.05) is 25.7 Å². The second-order valence-corrected chi connectivity index (χ2v) is 32.3. The number of ether oxygens (including phenoxy) is 4. The maximum absolute atomic E-state index is 13.1. The maximum Gasteiger partial charge on any atom is 0.472 e. The molecule has 17 nitrogen and oxygen atoms in total. The van der Waals surface area contributed by atoms with Crippen LogP contribution in [0.3, 0.4) is 0 Å². The summed E-state index contributed by atoms with van der Waals surface area (Å²) in [6.07, 6.45) is 59.9. The van der Waals surface area contributed by atoms with Crippen molar-refractivity contribution in [3.8, 4) is 0 Å². The standard InChI is InChI=1S/C79H154O17P2/c1-7-9-11-13-15-17-19-21-23-24-25-26-27-28-29-30-32-34-38-44-51-57-63-78(83)95-74(67-89-76(81)61-55-49-43-37-33-31-22-20-18-16-14-12-10-8-2)69-93-97(85,86)91-65-73(80)66-92-98(87,88)94-70-75(68-90-77(82)62-56-50-46-40-42-48-54-60-72(5)6)96-79(84)64-58-52-45-39-35-36-41-47-53-59-71(3)4/h71-75,80H,7-70H2,1-6H3,(H,85,86)(H,87,88)/t73-,74-,75-/m1/s1. The van der Waals surface area contributed by atoms with Crippen LogP contribution in [0.5, 0.6) is 0 Å². The number of esters is 4. The second kappa shape index (κ2) is 70.7. The molecule has 0 bridgehead atoms. The van der Waals surface area contributed by atoms with E-state index in [2.05, 4.69) is 41.5 Å². The van der Waals surface area contributed by atoms with E-state index in [1.807, 2.05) is 0 Å². The number of hydrogen-bond acceptors (Lipinski definition) is 15. The Bertz CT molecular complexity index is 1890. The Morgan fingerprint density at radius 3 is 0.694 bits per heavy atom. The lowest BCUT2D eigenvalue weighted by molar-refractivity contribution is -0.161. The molecule has 0 saturated heterocycles. The smallest absolute Gasteiger partial charge is 0.462 e. The predicted octanol–water partition coefficient (Wildman–Crippen LogP) is 23.5. The molecular formula is C79H154O17P2. The molecule has 0 rings (SSSR count). The van der Waals surface area contributed by atoms with Crippen LogP contribution in [0.15, 0.2) is 0 Å². The summed E-state index contributed by atoms with van der Waals surface area (Å²) in [6, 6.07) is 0. The van der Waals surface area contributed by atoms with Crippen molar-refractivity contribution in [1.29, 1.82) is 0 Å². The van der Waals surface area contributed by atoms with Crippen LogP contribution < -0.4 is 0 Å². The van der Waals surface area contributed by atoms with Gasteiger partial charge in [-0.05, 0) is 37.5 Å². The zero-order valence-corrected chi connectivity index (χ0v) is 65.9. The average molecular weight is 1440 g/mol. The predicted molar refractivity (Wildman–Crippen MR) is 400 cm³/mol. The summed E-state index contributed by atoms with van der Waals surface area (Å²) < 4.78 is 68.6. The SMILES string of the molecule is CCCCCCCCCCCCCCCCCCCCCCCCC(=O)O[C@H](COC(=O)CCCCCCCCCCCCCCCC)COP(=O)(O)OC[C@@H](O)COP(=O)(O)OC[C@@H](COC(=O)CCCCCCCCCC(C)C)OC(=O)CCCCCCCCCCCC(C)C. The highest BCUT2D eigenvalue weighted by Gasteiger charge is 2.30. The van der Waals surface area contributed by atoms with Gasteiger partial charge < -0.3 is 33.8 Å². The lowest BCUT2D eigenvalue weighted by Crippen LogP contribution is -2.30. The molecule has 0 aliphatic rings. The summed E-state index contributed by atoms with van der Waals surface area (Å²) in [5.41, 5.74) is 0. The first kappa shape index (κ1) is 96.1. The Labute approximate surface area is 600 Å². The molecule has 0 spiro atoms. The second-order valence-electron chi connectivity index (χ2n) is 29.4. The number of phosphoric ester groups is 2. The first-order valence-electron chi connectivity index (χ1n) is 41.0. The van der Waals surface area contributed by atoms with Gasteiger partial charge in [0.05, 0.1) is 26.4 Å². The molecule has 19 heteroatoms. The average Bonchev–Trinajstić information content (AvgIpc) is 1.03. The van der Waals surface area contributed by atoms with Crippen molar-refractivity contribution in [3.05, 3.63) is 0 Å². The summed E-state index contributed by atoms with van der Waals surface area (Å²) in [5.74, 6) is -0.673. The van der Waals surface area contributed by atoms with Gasteiger partial charge in [0.1, 0.15) is 19.3 Å². The van der Waals surface area contributed by atoms with Gasteiger partial charge in [-0.3, -0.25) is 37.3 Å².